The minimum atomic E-state index is -0.108. The SMILES string of the molecule is COC(=O)CCC(C)C.N. The summed E-state index contributed by atoms with van der Waals surface area (Å²) < 4.78 is 4.46. The van der Waals surface area contributed by atoms with Crippen molar-refractivity contribution in [2.24, 2.45) is 5.92 Å². The first-order chi connectivity index (χ1) is 4.16. The van der Waals surface area contributed by atoms with Gasteiger partial charge in [-0.05, 0) is 12.3 Å². The zero-order chi connectivity index (χ0) is 7.28. The number of rotatable bonds is 3. The highest BCUT2D eigenvalue weighted by molar-refractivity contribution is 5.68. The van der Waals surface area contributed by atoms with Gasteiger partial charge in [0.25, 0.3) is 0 Å². The molecule has 3 heteroatoms. The summed E-state index contributed by atoms with van der Waals surface area (Å²) in [5.74, 6) is 0.479. The summed E-state index contributed by atoms with van der Waals surface area (Å²) in [5.41, 5.74) is 0. The molecule has 0 unspecified atom stereocenters. The number of esters is 1. The Hall–Kier alpha value is -0.570. The molecule has 10 heavy (non-hydrogen) atoms. The van der Waals surface area contributed by atoms with Gasteiger partial charge in [0.2, 0.25) is 0 Å². The Morgan fingerprint density at radius 3 is 2.30 bits per heavy atom. The van der Waals surface area contributed by atoms with Gasteiger partial charge in [0.05, 0.1) is 7.11 Å². The molecular weight excluding hydrogens is 130 g/mol. The Labute approximate surface area is 62.3 Å². The molecule has 0 atom stereocenters. The van der Waals surface area contributed by atoms with Crippen molar-refractivity contribution in [3.63, 3.8) is 0 Å². The van der Waals surface area contributed by atoms with Crippen LogP contribution in [0, 0.1) is 5.92 Å². The quantitative estimate of drug-likeness (QED) is 0.619. The van der Waals surface area contributed by atoms with Crippen molar-refractivity contribution in [2.75, 3.05) is 7.11 Å². The highest BCUT2D eigenvalue weighted by Gasteiger charge is 2.00. The fourth-order valence-corrected chi connectivity index (χ4v) is 0.509. The molecule has 0 saturated carbocycles. The molecule has 3 nitrogen and oxygen atoms in total. The van der Waals surface area contributed by atoms with Crippen LogP contribution < -0.4 is 6.15 Å². The number of methoxy groups -OCH3 is 1. The van der Waals surface area contributed by atoms with Gasteiger partial charge in [-0.3, -0.25) is 4.79 Å². The maximum absolute atomic E-state index is 10.5. The third kappa shape index (κ3) is 7.43. The smallest absolute Gasteiger partial charge is 0.305 e. The fourth-order valence-electron chi connectivity index (χ4n) is 0.509. The predicted octanol–water partition coefficient (Wildman–Crippen LogP) is 1.76. The second-order valence-corrected chi connectivity index (χ2v) is 2.51. The van der Waals surface area contributed by atoms with Gasteiger partial charge in [-0.2, -0.15) is 0 Å². The van der Waals surface area contributed by atoms with Crippen molar-refractivity contribution >= 4 is 5.97 Å². The Bertz CT molecular complexity index is 91.6. The van der Waals surface area contributed by atoms with Gasteiger partial charge in [-0.1, -0.05) is 13.8 Å². The molecule has 0 aliphatic rings. The summed E-state index contributed by atoms with van der Waals surface area (Å²) in [4.78, 5) is 10.5. The van der Waals surface area contributed by atoms with E-state index in [0.29, 0.717) is 12.3 Å². The van der Waals surface area contributed by atoms with Crippen molar-refractivity contribution in [2.45, 2.75) is 26.7 Å². The van der Waals surface area contributed by atoms with E-state index >= 15 is 0 Å². The molecule has 0 aliphatic carbocycles. The van der Waals surface area contributed by atoms with Crippen LogP contribution in [0.4, 0.5) is 0 Å². The van der Waals surface area contributed by atoms with Gasteiger partial charge in [-0.25, -0.2) is 0 Å². The van der Waals surface area contributed by atoms with E-state index in [4.69, 9.17) is 0 Å². The van der Waals surface area contributed by atoms with E-state index in [-0.39, 0.29) is 12.1 Å². The molecule has 0 amide bonds. The molecule has 0 aliphatic heterocycles. The van der Waals surface area contributed by atoms with Gasteiger partial charge in [0, 0.05) is 6.42 Å². The Balaban J connectivity index is 0. The lowest BCUT2D eigenvalue weighted by Gasteiger charge is -2.00. The predicted molar refractivity (Wildman–Crippen MR) is 41.1 cm³/mol. The highest BCUT2D eigenvalue weighted by atomic mass is 16.5. The van der Waals surface area contributed by atoms with Gasteiger partial charge in [0.15, 0.2) is 0 Å². The maximum atomic E-state index is 10.5. The summed E-state index contributed by atoms with van der Waals surface area (Å²) in [5, 5.41) is 0. The molecule has 0 heterocycles. The molecule has 0 radical (unpaired) electrons. The molecule has 0 saturated heterocycles. The lowest BCUT2D eigenvalue weighted by atomic mass is 10.1. The number of hydrogen-bond donors (Lipinski definition) is 1. The van der Waals surface area contributed by atoms with Crippen molar-refractivity contribution in [3.8, 4) is 0 Å². The van der Waals surface area contributed by atoms with Crippen LogP contribution in [0.1, 0.15) is 26.7 Å². The average Bonchev–Trinajstić information content (AvgIpc) is 1.83. The van der Waals surface area contributed by atoms with E-state index in [1.807, 2.05) is 0 Å². The second-order valence-electron chi connectivity index (χ2n) is 2.51. The molecule has 0 rings (SSSR count). The van der Waals surface area contributed by atoms with E-state index < -0.39 is 0 Å². The number of hydrogen-bond acceptors (Lipinski definition) is 3. The van der Waals surface area contributed by atoms with E-state index in [0.717, 1.165) is 6.42 Å². The number of carbonyl (C=O) groups excluding carboxylic acids is 1. The fraction of sp³-hybridized carbons (Fsp3) is 0.857. The van der Waals surface area contributed by atoms with Gasteiger partial charge in [-0.15, -0.1) is 0 Å². The first-order valence-electron chi connectivity index (χ1n) is 3.23. The normalized spacial score (nSPS) is 8.80. The summed E-state index contributed by atoms with van der Waals surface area (Å²) in [6, 6.07) is 0. The number of carbonyl (C=O) groups is 1. The van der Waals surface area contributed by atoms with Gasteiger partial charge >= 0.3 is 5.97 Å². The molecule has 62 valence electrons. The summed E-state index contributed by atoms with van der Waals surface area (Å²) in [6.07, 6.45) is 1.47. The first kappa shape index (κ1) is 12.1. The summed E-state index contributed by atoms with van der Waals surface area (Å²) in [6.45, 7) is 4.17. The zero-order valence-corrected chi connectivity index (χ0v) is 7.02. The summed E-state index contributed by atoms with van der Waals surface area (Å²) in [7, 11) is 1.42. The van der Waals surface area contributed by atoms with Crippen molar-refractivity contribution in [1.29, 1.82) is 0 Å². The minimum Gasteiger partial charge on any atom is -0.469 e. The monoisotopic (exact) mass is 147 g/mol. The third-order valence-corrected chi connectivity index (χ3v) is 1.15. The van der Waals surface area contributed by atoms with Crippen LogP contribution in [0.3, 0.4) is 0 Å². The topological polar surface area (TPSA) is 61.3 Å². The van der Waals surface area contributed by atoms with E-state index in [1.165, 1.54) is 7.11 Å². The van der Waals surface area contributed by atoms with Crippen LogP contribution in [-0.2, 0) is 9.53 Å². The molecule has 0 aromatic heterocycles. The van der Waals surface area contributed by atoms with Crippen molar-refractivity contribution in [3.05, 3.63) is 0 Å². The van der Waals surface area contributed by atoms with Crippen molar-refractivity contribution < 1.29 is 9.53 Å². The molecule has 0 fully saturated rings. The molecule has 0 spiro atoms. The Morgan fingerprint density at radius 2 is 2.00 bits per heavy atom. The van der Waals surface area contributed by atoms with Crippen LogP contribution >= 0.6 is 0 Å². The largest absolute Gasteiger partial charge is 0.469 e. The van der Waals surface area contributed by atoms with Crippen LogP contribution in [0.5, 0.6) is 0 Å². The first-order valence-corrected chi connectivity index (χ1v) is 3.23. The van der Waals surface area contributed by atoms with Crippen LogP contribution in [0.25, 0.3) is 0 Å². The lowest BCUT2D eigenvalue weighted by Crippen LogP contribution is -2.01. The van der Waals surface area contributed by atoms with Crippen LogP contribution in [0.15, 0.2) is 0 Å². The zero-order valence-electron chi connectivity index (χ0n) is 7.02. The highest BCUT2D eigenvalue weighted by Crippen LogP contribution is 2.03. The molecule has 0 aromatic carbocycles. The standard InChI is InChI=1S/C7H14O2.H3N/c1-6(2)4-5-7(8)9-3;/h6H,4-5H2,1-3H3;1H3. The molecule has 3 N–H and O–H groups in total. The van der Waals surface area contributed by atoms with Crippen molar-refractivity contribution in [1.82, 2.24) is 6.15 Å². The van der Waals surface area contributed by atoms with Crippen LogP contribution in [-0.4, -0.2) is 13.1 Å². The Morgan fingerprint density at radius 1 is 1.50 bits per heavy atom. The number of ether oxygens (including phenoxy) is 1. The molecular formula is C7H17NO2. The van der Waals surface area contributed by atoms with E-state index in [9.17, 15) is 4.79 Å². The second kappa shape index (κ2) is 6.55. The average molecular weight is 147 g/mol. The third-order valence-electron chi connectivity index (χ3n) is 1.15. The summed E-state index contributed by atoms with van der Waals surface area (Å²) >= 11 is 0. The van der Waals surface area contributed by atoms with E-state index in [1.54, 1.807) is 0 Å². The van der Waals surface area contributed by atoms with E-state index in [2.05, 4.69) is 18.6 Å². The van der Waals surface area contributed by atoms with Crippen LogP contribution in [0.2, 0.25) is 0 Å². The van der Waals surface area contributed by atoms with Gasteiger partial charge in [0.1, 0.15) is 0 Å². The minimum absolute atomic E-state index is 0. The molecule has 0 bridgehead atoms. The van der Waals surface area contributed by atoms with Gasteiger partial charge < -0.3 is 10.9 Å². The lowest BCUT2D eigenvalue weighted by molar-refractivity contribution is -0.140. The Kier molecular flexibility index (Phi) is 7.95. The maximum Gasteiger partial charge on any atom is 0.305 e. The molecule has 0 aromatic rings.